The molecule has 3 rings (SSSR count). The number of rotatable bonds is 12. The maximum absolute atomic E-state index is 14.1. The van der Waals surface area contributed by atoms with Crippen LogP contribution in [0.15, 0.2) is 71.6 Å². The second kappa shape index (κ2) is 14.0. The molecular formula is C30H35Cl2N3O4S. The van der Waals surface area contributed by atoms with Gasteiger partial charge in [0.15, 0.2) is 0 Å². The summed E-state index contributed by atoms with van der Waals surface area (Å²) in [6.07, 6.45) is 1.05. The molecule has 40 heavy (non-hydrogen) atoms. The Morgan fingerprint density at radius 2 is 1.62 bits per heavy atom. The average molecular weight is 605 g/mol. The van der Waals surface area contributed by atoms with Crippen molar-refractivity contribution in [2.45, 2.75) is 58.0 Å². The van der Waals surface area contributed by atoms with E-state index in [-0.39, 0.29) is 17.3 Å². The molecule has 0 aliphatic heterocycles. The number of halogens is 2. The predicted octanol–water partition coefficient (Wildman–Crippen LogP) is 6.14. The lowest BCUT2D eigenvalue weighted by Crippen LogP contribution is -2.52. The van der Waals surface area contributed by atoms with Crippen molar-refractivity contribution in [1.82, 2.24) is 10.2 Å². The Bertz CT molecular complexity index is 1450. The second-order valence-corrected chi connectivity index (χ2v) is 12.3. The summed E-state index contributed by atoms with van der Waals surface area (Å²) < 4.78 is 28.9. The number of nitrogens with one attached hydrogen (secondary N) is 1. The molecule has 0 aliphatic carbocycles. The van der Waals surface area contributed by atoms with Crippen molar-refractivity contribution in [2.24, 2.45) is 0 Å². The molecule has 0 saturated heterocycles. The molecule has 10 heteroatoms. The van der Waals surface area contributed by atoms with E-state index in [0.29, 0.717) is 34.3 Å². The molecule has 1 N–H and O–H groups in total. The van der Waals surface area contributed by atoms with E-state index >= 15 is 0 Å². The summed E-state index contributed by atoms with van der Waals surface area (Å²) >= 11 is 12.5. The lowest BCUT2D eigenvalue weighted by Gasteiger charge is -2.33. The first-order valence-corrected chi connectivity index (χ1v) is 15.3. The number of sulfonamides is 1. The van der Waals surface area contributed by atoms with Crippen LogP contribution < -0.4 is 9.62 Å². The van der Waals surface area contributed by atoms with Gasteiger partial charge in [0.05, 0.1) is 10.6 Å². The molecule has 0 spiro atoms. The van der Waals surface area contributed by atoms with Gasteiger partial charge in [-0.2, -0.15) is 0 Å². The lowest BCUT2D eigenvalue weighted by molar-refractivity contribution is -0.140. The zero-order valence-corrected chi connectivity index (χ0v) is 25.5. The van der Waals surface area contributed by atoms with Crippen molar-refractivity contribution in [3.8, 4) is 0 Å². The van der Waals surface area contributed by atoms with Crippen LogP contribution in [0.1, 0.15) is 43.4 Å². The highest BCUT2D eigenvalue weighted by Gasteiger charge is 2.34. The minimum atomic E-state index is -4.12. The molecule has 0 aliphatic rings. The zero-order valence-electron chi connectivity index (χ0n) is 23.2. The normalized spacial score (nSPS) is 12.1. The van der Waals surface area contributed by atoms with Crippen molar-refractivity contribution >= 4 is 50.7 Å². The minimum Gasteiger partial charge on any atom is -0.354 e. The summed E-state index contributed by atoms with van der Waals surface area (Å²) in [4.78, 5) is 28.7. The van der Waals surface area contributed by atoms with Gasteiger partial charge in [0, 0.05) is 23.1 Å². The Hall–Kier alpha value is -3.07. The van der Waals surface area contributed by atoms with E-state index in [2.05, 4.69) is 5.32 Å². The molecule has 0 radical (unpaired) electrons. The number of benzene rings is 3. The number of aryl methyl sites for hydroxylation is 2. The van der Waals surface area contributed by atoms with Gasteiger partial charge in [0.2, 0.25) is 11.8 Å². The number of anilines is 1. The smallest absolute Gasteiger partial charge is 0.264 e. The largest absolute Gasteiger partial charge is 0.354 e. The molecule has 2 amide bonds. The third-order valence-electron chi connectivity index (χ3n) is 6.68. The zero-order chi connectivity index (χ0) is 29.4. The SMILES string of the molecule is CCCNC(=O)C(CC)N(Cc1ccc(Cl)cc1Cl)C(=O)CN(c1ccc(C)c(C)c1)S(=O)(=O)c1ccccc1. The molecule has 0 bridgehead atoms. The molecule has 3 aromatic carbocycles. The Balaban J connectivity index is 2.08. The van der Waals surface area contributed by atoms with Crippen LogP contribution in [0.3, 0.4) is 0 Å². The summed E-state index contributed by atoms with van der Waals surface area (Å²) in [7, 11) is -4.12. The molecular weight excluding hydrogens is 569 g/mol. The van der Waals surface area contributed by atoms with E-state index < -0.39 is 28.5 Å². The number of hydrogen-bond donors (Lipinski definition) is 1. The summed E-state index contributed by atoms with van der Waals surface area (Å²) in [6, 6.07) is 17.3. The molecule has 1 atom stereocenters. The van der Waals surface area contributed by atoms with Crippen LogP contribution in [0.5, 0.6) is 0 Å². The van der Waals surface area contributed by atoms with Crippen LogP contribution in [0.25, 0.3) is 0 Å². The van der Waals surface area contributed by atoms with Gasteiger partial charge in [0.25, 0.3) is 10.0 Å². The summed E-state index contributed by atoms with van der Waals surface area (Å²) in [6.45, 7) is 7.50. The van der Waals surface area contributed by atoms with E-state index in [1.807, 2.05) is 33.8 Å². The minimum absolute atomic E-state index is 0.000955. The fourth-order valence-electron chi connectivity index (χ4n) is 4.25. The van der Waals surface area contributed by atoms with Crippen LogP contribution in [0.4, 0.5) is 5.69 Å². The van der Waals surface area contributed by atoms with E-state index in [1.165, 1.54) is 17.0 Å². The third-order valence-corrected chi connectivity index (χ3v) is 9.05. The van der Waals surface area contributed by atoms with Gasteiger partial charge >= 0.3 is 0 Å². The Morgan fingerprint density at radius 1 is 0.925 bits per heavy atom. The number of amides is 2. The molecule has 0 aromatic heterocycles. The topological polar surface area (TPSA) is 86.8 Å². The highest BCUT2D eigenvalue weighted by Crippen LogP contribution is 2.28. The monoisotopic (exact) mass is 603 g/mol. The first-order chi connectivity index (χ1) is 19.0. The van der Waals surface area contributed by atoms with E-state index in [1.54, 1.807) is 48.5 Å². The molecule has 0 heterocycles. The highest BCUT2D eigenvalue weighted by atomic mass is 35.5. The second-order valence-electron chi connectivity index (χ2n) is 9.57. The predicted molar refractivity (Wildman–Crippen MR) is 161 cm³/mol. The van der Waals surface area contributed by atoms with E-state index in [0.717, 1.165) is 21.9 Å². The molecule has 0 fully saturated rings. The van der Waals surface area contributed by atoms with Crippen molar-refractivity contribution in [3.05, 3.63) is 93.5 Å². The summed E-state index contributed by atoms with van der Waals surface area (Å²) in [5.41, 5.74) is 2.82. The van der Waals surface area contributed by atoms with E-state index in [9.17, 15) is 18.0 Å². The average Bonchev–Trinajstić information content (AvgIpc) is 2.93. The maximum atomic E-state index is 14.1. The molecule has 7 nitrogen and oxygen atoms in total. The van der Waals surface area contributed by atoms with Gasteiger partial charge in [-0.1, -0.05) is 67.4 Å². The van der Waals surface area contributed by atoms with Gasteiger partial charge in [-0.05, 0) is 79.8 Å². The number of carbonyl (C=O) groups excluding carboxylic acids is 2. The Morgan fingerprint density at radius 3 is 2.23 bits per heavy atom. The standard InChI is InChI=1S/C30H35Cl2N3O4S/c1-5-16-33-30(37)28(6-2)34(19-23-13-14-24(31)18-27(23)32)29(36)20-35(25-15-12-21(3)22(4)17-25)40(38,39)26-10-8-7-9-11-26/h7-15,17-18,28H,5-6,16,19-20H2,1-4H3,(H,33,37). The van der Waals surface area contributed by atoms with Gasteiger partial charge in [-0.3, -0.25) is 13.9 Å². The Kier molecular flexibility index (Phi) is 11.0. The van der Waals surface area contributed by atoms with Crippen molar-refractivity contribution in [3.63, 3.8) is 0 Å². The fourth-order valence-corrected chi connectivity index (χ4v) is 6.14. The number of carbonyl (C=O) groups is 2. The van der Waals surface area contributed by atoms with Gasteiger partial charge in [-0.25, -0.2) is 8.42 Å². The van der Waals surface area contributed by atoms with Crippen LogP contribution >= 0.6 is 23.2 Å². The first kappa shape index (κ1) is 31.5. The van der Waals surface area contributed by atoms with Crippen LogP contribution in [-0.2, 0) is 26.2 Å². The quantitative estimate of drug-likeness (QED) is 0.269. The van der Waals surface area contributed by atoms with Gasteiger partial charge < -0.3 is 10.2 Å². The van der Waals surface area contributed by atoms with Crippen molar-refractivity contribution < 1.29 is 18.0 Å². The van der Waals surface area contributed by atoms with Gasteiger partial charge in [0.1, 0.15) is 12.6 Å². The molecule has 214 valence electrons. The van der Waals surface area contributed by atoms with E-state index in [4.69, 9.17) is 23.2 Å². The summed E-state index contributed by atoms with van der Waals surface area (Å²) in [5.74, 6) is -0.853. The molecule has 1 unspecified atom stereocenters. The van der Waals surface area contributed by atoms with Crippen molar-refractivity contribution in [1.29, 1.82) is 0 Å². The number of nitrogens with zero attached hydrogens (tertiary/aromatic N) is 2. The van der Waals surface area contributed by atoms with Crippen molar-refractivity contribution in [2.75, 3.05) is 17.4 Å². The molecule has 0 saturated carbocycles. The van der Waals surface area contributed by atoms with Crippen LogP contribution in [-0.4, -0.2) is 44.3 Å². The summed E-state index contributed by atoms with van der Waals surface area (Å²) in [5, 5.41) is 3.65. The maximum Gasteiger partial charge on any atom is 0.264 e. The fraction of sp³-hybridized carbons (Fsp3) is 0.333. The lowest BCUT2D eigenvalue weighted by atomic mass is 10.1. The first-order valence-electron chi connectivity index (χ1n) is 13.2. The third kappa shape index (κ3) is 7.56. The van der Waals surface area contributed by atoms with Gasteiger partial charge in [-0.15, -0.1) is 0 Å². The number of hydrogen-bond acceptors (Lipinski definition) is 4. The molecule has 3 aromatic rings. The Labute approximate surface area is 247 Å². The van der Waals surface area contributed by atoms with Crippen LogP contribution in [0.2, 0.25) is 10.0 Å². The van der Waals surface area contributed by atoms with Crippen LogP contribution in [0, 0.1) is 13.8 Å². The highest BCUT2D eigenvalue weighted by molar-refractivity contribution is 7.92.